The largest absolute Gasteiger partial charge is 0.435 e. The summed E-state index contributed by atoms with van der Waals surface area (Å²) in [6.45, 7) is 0. The van der Waals surface area contributed by atoms with Gasteiger partial charge in [0.25, 0.3) is 11.6 Å². The maximum Gasteiger partial charge on any atom is 0.435 e. The molecule has 0 aliphatic carbocycles. The second-order valence-electron chi connectivity index (χ2n) is 6.53. The number of nitriles is 1. The highest BCUT2D eigenvalue weighted by Crippen LogP contribution is 2.41. The highest BCUT2D eigenvalue weighted by Gasteiger charge is 2.32. The maximum absolute atomic E-state index is 12.9. The summed E-state index contributed by atoms with van der Waals surface area (Å²) in [4.78, 5) is 39.8. The number of aryl methyl sites for hydroxylation is 1. The van der Waals surface area contributed by atoms with E-state index >= 15 is 0 Å². The first kappa shape index (κ1) is 20.5. The standard InChI is InChI=1S/C18H12N8O5S/c1-25-13(18(28)31-24-25)10-9(6-19)15(21)23-17-11(10)12(20)14(32-17)16(27)22-7-2-4-8(5-3-7)26(29)30/h2-5H,1H3,(H5-,20,21,22,23,24,27,28)/p+1. The molecule has 6 N–H and O–H groups in total. The van der Waals surface area contributed by atoms with Crippen LogP contribution in [0, 0.1) is 21.4 Å². The number of carbonyl (C=O) groups excluding carboxylic acids is 1. The lowest BCUT2D eigenvalue weighted by molar-refractivity contribution is -0.730. The van der Waals surface area contributed by atoms with E-state index in [1.54, 1.807) is 0 Å². The van der Waals surface area contributed by atoms with Crippen LogP contribution in [0.3, 0.4) is 0 Å². The van der Waals surface area contributed by atoms with Crippen molar-refractivity contribution in [1.82, 2.24) is 10.3 Å². The molecule has 1 aromatic carbocycles. The summed E-state index contributed by atoms with van der Waals surface area (Å²) < 4.78 is 6.04. The lowest BCUT2D eigenvalue weighted by Crippen LogP contribution is -2.34. The van der Waals surface area contributed by atoms with E-state index in [9.17, 15) is 25.0 Å². The van der Waals surface area contributed by atoms with Crippen LogP contribution in [-0.4, -0.2) is 21.1 Å². The summed E-state index contributed by atoms with van der Waals surface area (Å²) in [6.07, 6.45) is 0. The summed E-state index contributed by atoms with van der Waals surface area (Å²) in [7, 11) is 1.49. The van der Waals surface area contributed by atoms with Crippen molar-refractivity contribution >= 4 is 50.3 Å². The molecule has 0 aliphatic heterocycles. The number of anilines is 3. The van der Waals surface area contributed by atoms with Crippen molar-refractivity contribution in [2.24, 2.45) is 7.05 Å². The molecule has 32 heavy (non-hydrogen) atoms. The molecule has 13 nitrogen and oxygen atoms in total. The molecule has 1 amide bonds. The smallest absolute Gasteiger partial charge is 0.397 e. The summed E-state index contributed by atoms with van der Waals surface area (Å²) in [6, 6.07) is 7.16. The van der Waals surface area contributed by atoms with Crippen LogP contribution in [0.4, 0.5) is 22.9 Å². The Morgan fingerprint density at radius 3 is 2.62 bits per heavy atom. The van der Waals surface area contributed by atoms with E-state index < -0.39 is 16.5 Å². The highest BCUT2D eigenvalue weighted by molar-refractivity contribution is 7.21. The topological polar surface area (TPSA) is 211 Å². The van der Waals surface area contributed by atoms with Crippen molar-refractivity contribution in [3.63, 3.8) is 0 Å². The number of nitrogens with zero attached hydrogens (tertiary/aromatic N) is 4. The molecule has 0 fully saturated rings. The molecule has 0 bridgehead atoms. The van der Waals surface area contributed by atoms with Gasteiger partial charge in [-0.25, -0.2) is 9.78 Å². The number of hydrogen-bond donors (Lipinski definition) is 4. The number of non-ortho nitro benzene ring substituents is 1. The van der Waals surface area contributed by atoms with Crippen LogP contribution in [0.5, 0.6) is 0 Å². The first-order chi connectivity index (χ1) is 15.2. The number of hydrogen-bond acceptors (Lipinski definition) is 10. The van der Waals surface area contributed by atoms with Gasteiger partial charge in [-0.3, -0.25) is 19.4 Å². The normalized spacial score (nSPS) is 10.8. The molecule has 0 radical (unpaired) electrons. The van der Waals surface area contributed by atoms with Crippen LogP contribution < -0.4 is 27.1 Å². The van der Waals surface area contributed by atoms with Gasteiger partial charge in [-0.15, -0.1) is 11.3 Å². The number of nitrogens with two attached hydrogens (primary N) is 2. The Bertz CT molecular complexity index is 1510. The SMILES string of the molecule is C[n+]1[nH]oc(=O)c1-c1c(C#N)c(N)nc2sc(C(=O)Nc3ccc([N+](=O)[O-])cc3)c(N)c12. The van der Waals surface area contributed by atoms with E-state index in [4.69, 9.17) is 16.0 Å². The van der Waals surface area contributed by atoms with Crippen molar-refractivity contribution in [2.75, 3.05) is 16.8 Å². The van der Waals surface area contributed by atoms with Crippen LogP contribution in [0.15, 0.2) is 33.6 Å². The van der Waals surface area contributed by atoms with Crippen molar-refractivity contribution in [3.05, 3.63) is 55.2 Å². The molecule has 4 rings (SSSR count). The van der Waals surface area contributed by atoms with Gasteiger partial charge < -0.3 is 16.8 Å². The minimum atomic E-state index is -0.765. The lowest BCUT2D eigenvalue weighted by Gasteiger charge is -2.05. The number of pyridine rings is 1. The fourth-order valence-electron chi connectivity index (χ4n) is 3.15. The highest BCUT2D eigenvalue weighted by atomic mass is 32.1. The van der Waals surface area contributed by atoms with Gasteiger partial charge in [0.2, 0.25) is 0 Å². The molecule has 0 unspecified atom stereocenters. The van der Waals surface area contributed by atoms with Crippen molar-refractivity contribution < 1.29 is 18.9 Å². The van der Waals surface area contributed by atoms with Crippen molar-refractivity contribution in [2.45, 2.75) is 0 Å². The summed E-state index contributed by atoms with van der Waals surface area (Å²) >= 11 is 0.918. The van der Waals surface area contributed by atoms with Crippen LogP contribution in [-0.2, 0) is 7.05 Å². The van der Waals surface area contributed by atoms with Gasteiger partial charge in [0.05, 0.1) is 21.6 Å². The molecular weight excluding hydrogens is 440 g/mol. The molecule has 14 heteroatoms. The molecule has 3 heterocycles. The summed E-state index contributed by atoms with van der Waals surface area (Å²) in [5, 5.41) is 25.6. The number of nitrogen functional groups attached to an aromatic ring is 2. The number of nitrogens with one attached hydrogen (secondary N) is 2. The summed E-state index contributed by atoms with van der Waals surface area (Å²) in [5.74, 6) is -0.743. The maximum atomic E-state index is 12.9. The molecule has 0 spiro atoms. The van der Waals surface area contributed by atoms with Crippen LogP contribution in [0.2, 0.25) is 0 Å². The van der Waals surface area contributed by atoms with Gasteiger partial charge in [0.15, 0.2) is 7.05 Å². The zero-order valence-electron chi connectivity index (χ0n) is 16.2. The zero-order chi connectivity index (χ0) is 23.2. The van der Waals surface area contributed by atoms with Crippen LogP contribution in [0.1, 0.15) is 15.2 Å². The fraction of sp³-hybridized carbons (Fsp3) is 0.0556. The third-order valence-electron chi connectivity index (χ3n) is 4.60. The molecule has 0 atom stereocenters. The second kappa shape index (κ2) is 7.49. The number of aromatic nitrogens is 3. The Labute approximate surface area is 181 Å². The van der Waals surface area contributed by atoms with E-state index in [2.05, 4.69) is 15.6 Å². The molecule has 160 valence electrons. The lowest BCUT2D eigenvalue weighted by atomic mass is 10.0. The monoisotopic (exact) mass is 453 g/mol. The third-order valence-corrected chi connectivity index (χ3v) is 5.70. The van der Waals surface area contributed by atoms with Gasteiger partial charge in [-0.1, -0.05) is 4.68 Å². The number of nitro groups is 1. The molecule has 0 saturated heterocycles. The number of aromatic amines is 1. The predicted octanol–water partition coefficient (Wildman–Crippen LogP) is 1.27. The Kier molecular flexibility index (Phi) is 4.80. The summed E-state index contributed by atoms with van der Waals surface area (Å²) in [5.41, 5.74) is 11.6. The number of H-pyrrole nitrogens is 1. The Morgan fingerprint density at radius 1 is 1.38 bits per heavy atom. The van der Waals surface area contributed by atoms with E-state index in [1.807, 2.05) is 6.07 Å². The molecule has 3 aromatic heterocycles. The fourth-order valence-corrected chi connectivity index (χ4v) is 4.16. The van der Waals surface area contributed by atoms with E-state index in [-0.39, 0.29) is 49.1 Å². The number of benzene rings is 1. The number of nitro benzene ring substituents is 1. The van der Waals surface area contributed by atoms with Crippen LogP contribution in [0.25, 0.3) is 21.5 Å². The van der Waals surface area contributed by atoms with Gasteiger partial charge in [0, 0.05) is 17.8 Å². The average Bonchev–Trinajstić information content (AvgIpc) is 3.26. The number of fused-ring (bicyclic) bond motifs is 1. The quantitative estimate of drug-likeness (QED) is 0.199. The van der Waals surface area contributed by atoms with Crippen molar-refractivity contribution in [1.29, 1.82) is 5.26 Å². The van der Waals surface area contributed by atoms with Gasteiger partial charge in [-0.05, 0) is 17.4 Å². The minimum Gasteiger partial charge on any atom is -0.397 e. The zero-order valence-corrected chi connectivity index (χ0v) is 17.0. The van der Waals surface area contributed by atoms with E-state index in [0.717, 1.165) is 11.3 Å². The first-order valence-corrected chi connectivity index (χ1v) is 9.59. The number of thiophene rings is 1. The number of amides is 1. The van der Waals surface area contributed by atoms with E-state index in [0.29, 0.717) is 5.69 Å². The van der Waals surface area contributed by atoms with Crippen LogP contribution >= 0.6 is 11.3 Å². The van der Waals surface area contributed by atoms with Gasteiger partial charge in [0.1, 0.15) is 27.2 Å². The Morgan fingerprint density at radius 2 is 2.06 bits per heavy atom. The molecule has 0 saturated carbocycles. The second-order valence-corrected chi connectivity index (χ2v) is 7.53. The molecule has 0 aliphatic rings. The van der Waals surface area contributed by atoms with E-state index in [1.165, 1.54) is 36.0 Å². The third kappa shape index (κ3) is 3.18. The predicted molar refractivity (Wildman–Crippen MR) is 114 cm³/mol. The Hall–Kier alpha value is -4.77. The number of carbonyl (C=O) groups is 1. The van der Waals surface area contributed by atoms with Gasteiger partial charge in [-0.2, -0.15) is 5.26 Å². The molecular formula is C18H13N8O5S+. The average molecular weight is 453 g/mol. The first-order valence-electron chi connectivity index (χ1n) is 8.78. The van der Waals surface area contributed by atoms with Gasteiger partial charge >= 0.3 is 11.3 Å². The number of rotatable bonds is 4. The Balaban J connectivity index is 1.86. The van der Waals surface area contributed by atoms with Crippen molar-refractivity contribution in [3.8, 4) is 17.3 Å². The minimum absolute atomic E-state index is 0.0102. The molecule has 4 aromatic rings.